The van der Waals surface area contributed by atoms with E-state index in [1.165, 1.54) is 6.20 Å². The highest BCUT2D eigenvalue weighted by Crippen LogP contribution is 2.15. The lowest BCUT2D eigenvalue weighted by molar-refractivity contribution is -0.123. The Morgan fingerprint density at radius 3 is 2.59 bits per heavy atom. The molecule has 1 amide bonds. The molecule has 1 aromatic rings. The lowest BCUT2D eigenvalue weighted by atomic mass is 9.91. The van der Waals surface area contributed by atoms with Gasteiger partial charge in [0.15, 0.2) is 0 Å². The number of hydrogen-bond donors (Lipinski definition) is 3. The third-order valence-corrected chi connectivity index (χ3v) is 3.60. The van der Waals surface area contributed by atoms with Crippen molar-refractivity contribution in [2.24, 2.45) is 11.7 Å². The number of nitrogens with zero attached hydrogens (tertiary/aromatic N) is 1. The molecule has 1 aromatic heterocycles. The molecular formula is C13H22BrClN4O3. The highest BCUT2D eigenvalue weighted by atomic mass is 79.9. The number of rotatable bonds is 6. The summed E-state index contributed by atoms with van der Waals surface area (Å²) < 4.78 is 1.33. The zero-order valence-electron chi connectivity index (χ0n) is 12.8. The molecule has 0 aliphatic carbocycles. The summed E-state index contributed by atoms with van der Waals surface area (Å²) in [5.41, 5.74) is 4.06. The van der Waals surface area contributed by atoms with Crippen molar-refractivity contribution in [3.8, 4) is 0 Å². The van der Waals surface area contributed by atoms with Crippen LogP contribution in [0.25, 0.3) is 0 Å². The van der Waals surface area contributed by atoms with Gasteiger partial charge in [-0.1, -0.05) is 13.8 Å². The molecule has 0 saturated heterocycles. The predicted molar refractivity (Wildman–Crippen MR) is 91.3 cm³/mol. The largest absolute Gasteiger partial charge is 0.348 e. The van der Waals surface area contributed by atoms with Crippen molar-refractivity contribution in [1.29, 1.82) is 0 Å². The van der Waals surface area contributed by atoms with Gasteiger partial charge in [-0.2, -0.15) is 0 Å². The number of H-pyrrole nitrogens is 1. The van der Waals surface area contributed by atoms with Crippen LogP contribution in [-0.2, 0) is 11.3 Å². The van der Waals surface area contributed by atoms with Crippen molar-refractivity contribution in [2.45, 2.75) is 39.3 Å². The van der Waals surface area contributed by atoms with Gasteiger partial charge >= 0.3 is 5.69 Å². The maximum atomic E-state index is 12.1. The van der Waals surface area contributed by atoms with Gasteiger partial charge in [-0.15, -0.1) is 12.4 Å². The van der Waals surface area contributed by atoms with Crippen molar-refractivity contribution in [1.82, 2.24) is 14.9 Å². The van der Waals surface area contributed by atoms with Crippen LogP contribution < -0.4 is 22.3 Å². The fourth-order valence-electron chi connectivity index (χ4n) is 2.22. The third kappa shape index (κ3) is 5.94. The normalized spacial score (nSPS) is 13.4. The molecule has 0 aromatic carbocycles. The molecule has 126 valence electrons. The number of aromatic amines is 1. The number of carbonyl (C=O) groups is 1. The van der Waals surface area contributed by atoms with Gasteiger partial charge in [-0.25, -0.2) is 4.79 Å². The van der Waals surface area contributed by atoms with E-state index in [0.717, 1.165) is 11.0 Å². The van der Waals surface area contributed by atoms with Crippen LogP contribution in [-0.4, -0.2) is 27.5 Å². The second-order valence-corrected chi connectivity index (χ2v) is 6.63. The molecule has 1 rings (SSSR count). The van der Waals surface area contributed by atoms with Crippen molar-refractivity contribution < 1.29 is 4.79 Å². The molecule has 7 nitrogen and oxygen atoms in total. The van der Waals surface area contributed by atoms with Crippen LogP contribution in [0.15, 0.2) is 20.3 Å². The minimum Gasteiger partial charge on any atom is -0.348 e. The van der Waals surface area contributed by atoms with E-state index in [1.807, 2.05) is 20.8 Å². The number of nitrogens with two attached hydrogens (primary N) is 1. The van der Waals surface area contributed by atoms with E-state index < -0.39 is 16.8 Å². The maximum absolute atomic E-state index is 12.1. The van der Waals surface area contributed by atoms with Crippen LogP contribution in [0.4, 0.5) is 0 Å². The molecule has 0 radical (unpaired) electrons. The Bertz CT molecular complexity index is 628. The monoisotopic (exact) mass is 396 g/mol. The molecule has 9 heteroatoms. The van der Waals surface area contributed by atoms with Crippen molar-refractivity contribution >= 4 is 34.2 Å². The Morgan fingerprint density at radius 1 is 1.50 bits per heavy atom. The summed E-state index contributed by atoms with van der Waals surface area (Å²) in [6.45, 7) is 6.09. The zero-order valence-corrected chi connectivity index (χ0v) is 15.2. The minimum atomic E-state index is -0.628. The first kappa shape index (κ1) is 20.9. The van der Waals surface area contributed by atoms with Crippen LogP contribution in [0.2, 0.25) is 0 Å². The van der Waals surface area contributed by atoms with Crippen LogP contribution in [0.3, 0.4) is 0 Å². The summed E-state index contributed by atoms with van der Waals surface area (Å²) in [6.07, 6.45) is 2.03. The van der Waals surface area contributed by atoms with Crippen molar-refractivity contribution in [3.63, 3.8) is 0 Å². The van der Waals surface area contributed by atoms with Gasteiger partial charge in [-0.3, -0.25) is 19.1 Å². The second-order valence-electron chi connectivity index (χ2n) is 5.78. The van der Waals surface area contributed by atoms with Gasteiger partial charge in [0, 0.05) is 18.3 Å². The predicted octanol–water partition coefficient (Wildman–Crippen LogP) is 0.601. The molecular weight excluding hydrogens is 376 g/mol. The molecule has 0 aliphatic heterocycles. The third-order valence-electron chi connectivity index (χ3n) is 3.03. The van der Waals surface area contributed by atoms with Crippen molar-refractivity contribution in [3.05, 3.63) is 31.5 Å². The standard InChI is InChI=1S/C13H21BrN4O3.ClH/c1-8(2)4-13(3,7-15)17-10(19)6-18-5-9(14)11(20)16-12(18)21;/h5,8H,4,6-7,15H2,1-3H3,(H,17,19)(H,16,20,21);1H. The minimum absolute atomic E-state index is 0. The lowest BCUT2D eigenvalue weighted by Crippen LogP contribution is -2.53. The van der Waals surface area contributed by atoms with Gasteiger partial charge in [-0.05, 0) is 35.2 Å². The Hall–Kier alpha value is -1.12. The Kier molecular flexibility index (Phi) is 8.06. The van der Waals surface area contributed by atoms with Gasteiger partial charge in [0.1, 0.15) is 6.54 Å². The van der Waals surface area contributed by atoms with E-state index in [0.29, 0.717) is 12.5 Å². The number of aromatic nitrogens is 2. The summed E-state index contributed by atoms with van der Waals surface area (Å²) in [7, 11) is 0. The maximum Gasteiger partial charge on any atom is 0.328 e. The quantitative estimate of drug-likeness (QED) is 0.653. The van der Waals surface area contributed by atoms with Crippen LogP contribution in [0.5, 0.6) is 0 Å². The van der Waals surface area contributed by atoms with E-state index in [4.69, 9.17) is 5.73 Å². The van der Waals surface area contributed by atoms with E-state index >= 15 is 0 Å². The molecule has 4 N–H and O–H groups in total. The molecule has 1 unspecified atom stereocenters. The highest BCUT2D eigenvalue weighted by molar-refractivity contribution is 9.10. The van der Waals surface area contributed by atoms with E-state index in [1.54, 1.807) is 0 Å². The first-order valence-electron chi connectivity index (χ1n) is 6.67. The first-order chi connectivity index (χ1) is 9.66. The Morgan fingerprint density at radius 2 is 2.09 bits per heavy atom. The number of hydrogen-bond acceptors (Lipinski definition) is 4. The van der Waals surface area contributed by atoms with Gasteiger partial charge < -0.3 is 11.1 Å². The summed E-state index contributed by atoms with van der Waals surface area (Å²) in [5, 5.41) is 2.85. The average Bonchev–Trinajstić information content (AvgIpc) is 2.34. The van der Waals surface area contributed by atoms with E-state index in [-0.39, 0.29) is 29.3 Å². The molecule has 0 fully saturated rings. The SMILES string of the molecule is CC(C)CC(C)(CN)NC(=O)Cn1cc(Br)c(=O)[nH]c1=O.Cl. The molecule has 0 saturated carbocycles. The topological polar surface area (TPSA) is 110 Å². The summed E-state index contributed by atoms with van der Waals surface area (Å²) in [4.78, 5) is 37.1. The molecule has 22 heavy (non-hydrogen) atoms. The molecule has 0 aliphatic rings. The van der Waals surface area contributed by atoms with E-state index in [2.05, 4.69) is 26.2 Å². The Balaban J connectivity index is 0.00000441. The number of nitrogens with one attached hydrogen (secondary N) is 2. The number of amides is 1. The zero-order chi connectivity index (χ0) is 16.2. The smallest absolute Gasteiger partial charge is 0.328 e. The Labute approximate surface area is 143 Å². The molecule has 1 atom stereocenters. The van der Waals surface area contributed by atoms with Gasteiger partial charge in [0.05, 0.1) is 4.47 Å². The number of halogens is 2. The molecule has 0 spiro atoms. The van der Waals surface area contributed by atoms with Crippen LogP contribution in [0.1, 0.15) is 27.2 Å². The summed E-state index contributed by atoms with van der Waals surface area (Å²) >= 11 is 3.02. The van der Waals surface area contributed by atoms with Gasteiger partial charge in [0.2, 0.25) is 5.91 Å². The molecule has 1 heterocycles. The van der Waals surface area contributed by atoms with Crippen LogP contribution in [0, 0.1) is 5.92 Å². The lowest BCUT2D eigenvalue weighted by Gasteiger charge is -2.31. The molecule has 0 bridgehead atoms. The van der Waals surface area contributed by atoms with Crippen molar-refractivity contribution in [2.75, 3.05) is 6.54 Å². The van der Waals surface area contributed by atoms with Crippen LogP contribution >= 0.6 is 28.3 Å². The second kappa shape index (κ2) is 8.50. The summed E-state index contributed by atoms with van der Waals surface area (Å²) in [6, 6.07) is 0. The summed E-state index contributed by atoms with van der Waals surface area (Å²) in [5.74, 6) is 0.0495. The first-order valence-corrected chi connectivity index (χ1v) is 7.46. The van der Waals surface area contributed by atoms with Gasteiger partial charge in [0.25, 0.3) is 5.56 Å². The number of carbonyl (C=O) groups excluding carboxylic acids is 1. The highest BCUT2D eigenvalue weighted by Gasteiger charge is 2.26. The van der Waals surface area contributed by atoms with E-state index in [9.17, 15) is 14.4 Å². The fraction of sp³-hybridized carbons (Fsp3) is 0.615. The average molecular weight is 398 g/mol. The fourth-order valence-corrected chi connectivity index (χ4v) is 2.56.